The second-order valence-corrected chi connectivity index (χ2v) is 3.42. The number of nitrogens with zero attached hydrogens (tertiary/aromatic N) is 1. The van der Waals surface area contributed by atoms with E-state index in [0.29, 0.717) is 17.6 Å². The van der Waals surface area contributed by atoms with Crippen molar-refractivity contribution in [3.05, 3.63) is 42.0 Å². The number of hydrogen-bond donors (Lipinski definition) is 1. The van der Waals surface area contributed by atoms with Crippen LogP contribution in [-0.2, 0) is 0 Å². The molecule has 0 aliphatic carbocycles. The van der Waals surface area contributed by atoms with Crippen molar-refractivity contribution in [2.24, 2.45) is 0 Å². The molecule has 0 amide bonds. The molecule has 0 atom stereocenters. The Balaban J connectivity index is 2.30. The van der Waals surface area contributed by atoms with Crippen LogP contribution in [0.4, 0.5) is 14.6 Å². The molecule has 0 saturated carbocycles. The molecular weight excluding hydrogens is 242 g/mol. The van der Waals surface area contributed by atoms with Crippen molar-refractivity contribution in [2.45, 2.75) is 0 Å². The number of nitrogens with two attached hydrogens (primary N) is 1. The van der Waals surface area contributed by atoms with Crippen LogP contribution >= 0.6 is 0 Å². The van der Waals surface area contributed by atoms with Gasteiger partial charge in [-0.25, -0.2) is 8.78 Å². The summed E-state index contributed by atoms with van der Waals surface area (Å²) in [5, 5.41) is 0. The van der Waals surface area contributed by atoms with Crippen molar-refractivity contribution in [2.75, 3.05) is 12.8 Å². The summed E-state index contributed by atoms with van der Waals surface area (Å²) >= 11 is 0. The van der Waals surface area contributed by atoms with Crippen molar-refractivity contribution in [1.29, 1.82) is 0 Å². The van der Waals surface area contributed by atoms with Gasteiger partial charge >= 0.3 is 0 Å². The van der Waals surface area contributed by atoms with Gasteiger partial charge < -0.3 is 15.2 Å². The Morgan fingerprint density at radius 1 is 1.11 bits per heavy atom. The molecule has 18 heavy (non-hydrogen) atoms. The van der Waals surface area contributed by atoms with Crippen LogP contribution in [0.15, 0.2) is 30.3 Å². The monoisotopic (exact) mass is 252 g/mol. The number of benzene rings is 1. The van der Waals surface area contributed by atoms with Crippen LogP contribution in [0.25, 0.3) is 0 Å². The highest BCUT2D eigenvalue weighted by molar-refractivity contribution is 5.38. The fourth-order valence-electron chi connectivity index (χ4n) is 1.31. The van der Waals surface area contributed by atoms with E-state index in [1.54, 1.807) is 24.3 Å². The van der Waals surface area contributed by atoms with Crippen molar-refractivity contribution >= 4 is 5.82 Å². The SMILES string of the molecule is COc1cccc(Oc2nc(N)c(F)cc2F)c1. The summed E-state index contributed by atoms with van der Waals surface area (Å²) < 4.78 is 36.5. The number of methoxy groups -OCH3 is 1. The van der Waals surface area contributed by atoms with E-state index >= 15 is 0 Å². The Morgan fingerprint density at radius 2 is 1.83 bits per heavy atom. The average Bonchev–Trinajstić information content (AvgIpc) is 2.36. The van der Waals surface area contributed by atoms with Crippen LogP contribution < -0.4 is 15.2 Å². The molecule has 2 rings (SSSR count). The number of rotatable bonds is 3. The molecule has 1 heterocycles. The molecule has 94 valence electrons. The molecule has 1 aromatic carbocycles. The molecule has 6 heteroatoms. The molecule has 0 unspecified atom stereocenters. The summed E-state index contributed by atoms with van der Waals surface area (Å²) in [6.07, 6.45) is 0. The van der Waals surface area contributed by atoms with Gasteiger partial charge in [0.1, 0.15) is 11.5 Å². The highest BCUT2D eigenvalue weighted by Crippen LogP contribution is 2.27. The van der Waals surface area contributed by atoms with Crippen molar-refractivity contribution in [3.63, 3.8) is 0 Å². The zero-order valence-corrected chi connectivity index (χ0v) is 9.48. The van der Waals surface area contributed by atoms with Crippen LogP contribution in [-0.4, -0.2) is 12.1 Å². The molecule has 0 aliphatic rings. The lowest BCUT2D eigenvalue weighted by Gasteiger charge is -2.08. The van der Waals surface area contributed by atoms with Crippen LogP contribution in [0.3, 0.4) is 0 Å². The van der Waals surface area contributed by atoms with E-state index in [0.717, 1.165) is 0 Å². The number of halogens is 2. The first kappa shape index (κ1) is 12.1. The molecule has 0 fully saturated rings. The Kier molecular flexibility index (Phi) is 3.27. The van der Waals surface area contributed by atoms with E-state index in [4.69, 9.17) is 15.2 Å². The quantitative estimate of drug-likeness (QED) is 0.912. The minimum absolute atomic E-state index is 0.312. The highest BCUT2D eigenvalue weighted by Gasteiger charge is 2.12. The first-order chi connectivity index (χ1) is 8.60. The first-order valence-electron chi connectivity index (χ1n) is 5.03. The third-order valence-electron chi connectivity index (χ3n) is 2.18. The zero-order chi connectivity index (χ0) is 13.1. The Labute approximate surface area is 102 Å². The lowest BCUT2D eigenvalue weighted by molar-refractivity contribution is 0.398. The standard InChI is InChI=1S/C12H10F2N2O2/c1-17-7-3-2-4-8(5-7)18-12-10(14)6-9(13)11(15)16-12/h2-6H,1H3,(H2,15,16). The molecule has 0 spiro atoms. The van der Waals surface area contributed by atoms with Gasteiger partial charge in [0.2, 0.25) is 0 Å². The van der Waals surface area contributed by atoms with Gasteiger partial charge in [0.05, 0.1) is 7.11 Å². The minimum atomic E-state index is -0.926. The van der Waals surface area contributed by atoms with E-state index < -0.39 is 17.5 Å². The third kappa shape index (κ3) is 2.48. The number of aromatic nitrogens is 1. The van der Waals surface area contributed by atoms with E-state index in [1.165, 1.54) is 7.11 Å². The number of hydrogen-bond acceptors (Lipinski definition) is 4. The average molecular weight is 252 g/mol. The third-order valence-corrected chi connectivity index (χ3v) is 2.18. The molecule has 0 saturated heterocycles. The number of ether oxygens (including phenoxy) is 2. The lowest BCUT2D eigenvalue weighted by atomic mass is 10.3. The van der Waals surface area contributed by atoms with E-state index in [1.807, 2.05) is 0 Å². The molecule has 2 N–H and O–H groups in total. The van der Waals surface area contributed by atoms with Gasteiger partial charge in [0.25, 0.3) is 5.88 Å². The summed E-state index contributed by atoms with van der Waals surface area (Å²) in [6.45, 7) is 0. The minimum Gasteiger partial charge on any atom is -0.497 e. The summed E-state index contributed by atoms with van der Waals surface area (Å²) in [4.78, 5) is 3.49. The van der Waals surface area contributed by atoms with Gasteiger partial charge in [0.15, 0.2) is 17.5 Å². The van der Waals surface area contributed by atoms with Crippen molar-refractivity contribution in [1.82, 2.24) is 4.98 Å². The topological polar surface area (TPSA) is 57.4 Å². The maximum Gasteiger partial charge on any atom is 0.258 e. The predicted molar refractivity (Wildman–Crippen MR) is 61.6 cm³/mol. The summed E-state index contributed by atoms with van der Waals surface area (Å²) in [7, 11) is 1.49. The number of nitrogen functional groups attached to an aromatic ring is 1. The Bertz CT molecular complexity index is 576. The fraction of sp³-hybridized carbons (Fsp3) is 0.0833. The van der Waals surface area contributed by atoms with E-state index in [-0.39, 0.29) is 5.88 Å². The molecule has 0 radical (unpaired) electrons. The van der Waals surface area contributed by atoms with Crippen LogP contribution in [0, 0.1) is 11.6 Å². The van der Waals surface area contributed by atoms with Crippen LogP contribution in [0.2, 0.25) is 0 Å². The van der Waals surface area contributed by atoms with Gasteiger partial charge in [-0.05, 0) is 12.1 Å². The summed E-state index contributed by atoms with van der Waals surface area (Å²) in [5.41, 5.74) is 5.24. The molecule has 1 aromatic heterocycles. The van der Waals surface area contributed by atoms with Gasteiger partial charge in [0, 0.05) is 12.1 Å². The summed E-state index contributed by atoms with van der Waals surface area (Å²) in [6, 6.07) is 7.12. The maximum absolute atomic E-state index is 13.4. The zero-order valence-electron chi connectivity index (χ0n) is 9.48. The number of pyridine rings is 1. The van der Waals surface area contributed by atoms with Gasteiger partial charge in [-0.1, -0.05) is 6.07 Å². The van der Waals surface area contributed by atoms with Gasteiger partial charge in [-0.3, -0.25) is 0 Å². The second kappa shape index (κ2) is 4.87. The molecule has 0 bridgehead atoms. The number of anilines is 1. The molecule has 0 aliphatic heterocycles. The smallest absolute Gasteiger partial charge is 0.258 e. The van der Waals surface area contributed by atoms with Gasteiger partial charge in [-0.2, -0.15) is 4.98 Å². The van der Waals surface area contributed by atoms with E-state index in [2.05, 4.69) is 4.98 Å². The highest BCUT2D eigenvalue weighted by atomic mass is 19.1. The second-order valence-electron chi connectivity index (χ2n) is 3.42. The fourth-order valence-corrected chi connectivity index (χ4v) is 1.31. The van der Waals surface area contributed by atoms with E-state index in [9.17, 15) is 8.78 Å². The largest absolute Gasteiger partial charge is 0.497 e. The summed E-state index contributed by atoms with van der Waals surface area (Å²) in [5.74, 6) is -1.80. The van der Waals surface area contributed by atoms with Crippen molar-refractivity contribution < 1.29 is 18.3 Å². The van der Waals surface area contributed by atoms with Crippen LogP contribution in [0.5, 0.6) is 17.4 Å². The molecule has 2 aromatic rings. The predicted octanol–water partition coefficient (Wildman–Crippen LogP) is 2.74. The molecule has 4 nitrogen and oxygen atoms in total. The molecular formula is C12H10F2N2O2. The van der Waals surface area contributed by atoms with Crippen LogP contribution in [0.1, 0.15) is 0 Å². The Hall–Kier alpha value is -2.37. The maximum atomic E-state index is 13.4. The van der Waals surface area contributed by atoms with Crippen molar-refractivity contribution in [3.8, 4) is 17.4 Å². The van der Waals surface area contributed by atoms with Gasteiger partial charge in [-0.15, -0.1) is 0 Å². The first-order valence-corrected chi connectivity index (χ1v) is 5.03. The normalized spacial score (nSPS) is 10.2. The lowest BCUT2D eigenvalue weighted by Crippen LogP contribution is -2.00. The Morgan fingerprint density at radius 3 is 2.56 bits per heavy atom.